The van der Waals surface area contributed by atoms with Crippen molar-refractivity contribution in [3.63, 3.8) is 0 Å². The fourth-order valence-corrected chi connectivity index (χ4v) is 3.02. The number of rotatable bonds is 4. The zero-order chi connectivity index (χ0) is 13.9. The van der Waals surface area contributed by atoms with Gasteiger partial charge in [-0.1, -0.05) is 48.8 Å². The van der Waals surface area contributed by atoms with Gasteiger partial charge in [0.05, 0.1) is 16.9 Å². The fraction of sp³-hybridized carbons (Fsp3) is 0.429. The van der Waals surface area contributed by atoms with Crippen LogP contribution in [0, 0.1) is 0 Å². The predicted octanol–water partition coefficient (Wildman–Crippen LogP) is 2.60. The van der Waals surface area contributed by atoms with E-state index in [0.717, 1.165) is 31.2 Å². The Kier molecular flexibility index (Phi) is 4.42. The Morgan fingerprint density at radius 1 is 1.42 bits per heavy atom. The second-order valence-corrected chi connectivity index (χ2v) is 5.88. The van der Waals surface area contributed by atoms with Crippen molar-refractivity contribution in [1.29, 1.82) is 0 Å². The molecule has 1 aliphatic carbocycles. The second kappa shape index (κ2) is 5.88. The molecule has 1 fully saturated rings. The van der Waals surface area contributed by atoms with Gasteiger partial charge in [-0.2, -0.15) is 0 Å². The van der Waals surface area contributed by atoms with Gasteiger partial charge in [0.1, 0.15) is 0 Å². The van der Waals surface area contributed by atoms with Crippen LogP contribution in [0.3, 0.4) is 0 Å². The molecule has 1 aliphatic rings. The highest BCUT2D eigenvalue weighted by Crippen LogP contribution is 2.30. The number of halogens is 1. The highest BCUT2D eigenvalue weighted by Gasteiger charge is 2.37. The minimum absolute atomic E-state index is 0.0584. The van der Waals surface area contributed by atoms with E-state index < -0.39 is 5.54 Å². The first-order valence-corrected chi connectivity index (χ1v) is 7.16. The SMILES string of the molecule is NC(=S)C1(NC(=O)Cc2cccc(Cl)c2)CCCC1. The summed E-state index contributed by atoms with van der Waals surface area (Å²) in [5, 5.41) is 3.65. The van der Waals surface area contributed by atoms with E-state index in [1.54, 1.807) is 12.1 Å². The van der Waals surface area contributed by atoms with E-state index in [1.165, 1.54) is 0 Å². The smallest absolute Gasteiger partial charge is 0.225 e. The number of benzene rings is 1. The lowest BCUT2D eigenvalue weighted by atomic mass is 9.97. The molecule has 0 unspecified atom stereocenters. The third-order valence-electron chi connectivity index (χ3n) is 3.56. The van der Waals surface area contributed by atoms with Gasteiger partial charge in [-0.25, -0.2) is 0 Å². The molecular weight excluding hydrogens is 280 g/mol. The Balaban J connectivity index is 2.02. The Hall–Kier alpha value is -1.13. The third-order valence-corrected chi connectivity index (χ3v) is 4.19. The summed E-state index contributed by atoms with van der Waals surface area (Å²) in [7, 11) is 0. The Bertz CT molecular complexity index is 498. The van der Waals surface area contributed by atoms with Crippen LogP contribution in [0.1, 0.15) is 31.2 Å². The van der Waals surface area contributed by atoms with Crippen molar-refractivity contribution in [3.8, 4) is 0 Å². The summed E-state index contributed by atoms with van der Waals surface area (Å²) < 4.78 is 0. The monoisotopic (exact) mass is 296 g/mol. The summed E-state index contributed by atoms with van der Waals surface area (Å²) in [5.41, 5.74) is 6.20. The molecule has 2 rings (SSSR count). The summed E-state index contributed by atoms with van der Waals surface area (Å²) in [5.74, 6) is -0.0584. The summed E-state index contributed by atoms with van der Waals surface area (Å²) >= 11 is 11.0. The number of amides is 1. The molecule has 0 atom stereocenters. The standard InChI is InChI=1S/C14H17ClN2OS/c15-11-5-3-4-10(8-11)9-12(18)17-14(13(16)19)6-1-2-7-14/h3-5,8H,1-2,6-7,9H2,(H2,16,19)(H,17,18). The average molecular weight is 297 g/mol. The van der Waals surface area contributed by atoms with Crippen molar-refractivity contribution in [2.24, 2.45) is 5.73 Å². The quantitative estimate of drug-likeness (QED) is 0.840. The maximum atomic E-state index is 12.1. The van der Waals surface area contributed by atoms with E-state index in [0.29, 0.717) is 16.4 Å². The summed E-state index contributed by atoms with van der Waals surface area (Å²) in [4.78, 5) is 12.5. The van der Waals surface area contributed by atoms with Crippen LogP contribution in [-0.2, 0) is 11.2 Å². The maximum Gasteiger partial charge on any atom is 0.225 e. The van der Waals surface area contributed by atoms with Crippen molar-refractivity contribution in [2.75, 3.05) is 0 Å². The van der Waals surface area contributed by atoms with Crippen LogP contribution in [0.2, 0.25) is 5.02 Å². The van der Waals surface area contributed by atoms with Crippen molar-refractivity contribution in [1.82, 2.24) is 5.32 Å². The zero-order valence-electron chi connectivity index (χ0n) is 10.6. The predicted molar refractivity (Wildman–Crippen MR) is 81.3 cm³/mol. The molecule has 3 nitrogen and oxygen atoms in total. The molecule has 1 aromatic rings. The van der Waals surface area contributed by atoms with E-state index in [4.69, 9.17) is 29.6 Å². The van der Waals surface area contributed by atoms with Crippen molar-refractivity contribution in [2.45, 2.75) is 37.6 Å². The number of thiocarbonyl (C=S) groups is 1. The number of nitrogens with one attached hydrogen (secondary N) is 1. The number of carbonyl (C=O) groups is 1. The van der Waals surface area contributed by atoms with Gasteiger partial charge in [0.25, 0.3) is 0 Å². The molecular formula is C14H17ClN2OS. The van der Waals surface area contributed by atoms with Gasteiger partial charge in [0.15, 0.2) is 0 Å². The Morgan fingerprint density at radius 3 is 2.68 bits per heavy atom. The minimum atomic E-state index is -0.481. The molecule has 0 radical (unpaired) electrons. The molecule has 1 saturated carbocycles. The molecule has 3 N–H and O–H groups in total. The molecule has 102 valence electrons. The number of hydrogen-bond acceptors (Lipinski definition) is 2. The molecule has 0 aliphatic heterocycles. The number of carbonyl (C=O) groups excluding carboxylic acids is 1. The van der Waals surface area contributed by atoms with Crippen LogP contribution in [-0.4, -0.2) is 16.4 Å². The maximum absolute atomic E-state index is 12.1. The molecule has 0 saturated heterocycles. The zero-order valence-corrected chi connectivity index (χ0v) is 12.2. The molecule has 1 amide bonds. The van der Waals surface area contributed by atoms with Gasteiger partial charge in [0, 0.05) is 5.02 Å². The van der Waals surface area contributed by atoms with E-state index >= 15 is 0 Å². The molecule has 5 heteroatoms. The largest absolute Gasteiger partial charge is 0.391 e. The first-order valence-electron chi connectivity index (χ1n) is 6.37. The van der Waals surface area contributed by atoms with Crippen molar-refractivity contribution >= 4 is 34.7 Å². The van der Waals surface area contributed by atoms with Gasteiger partial charge in [-0.15, -0.1) is 0 Å². The Labute approximate surface area is 123 Å². The minimum Gasteiger partial charge on any atom is -0.391 e. The van der Waals surface area contributed by atoms with Crippen LogP contribution in [0.15, 0.2) is 24.3 Å². The fourth-order valence-electron chi connectivity index (χ4n) is 2.55. The second-order valence-electron chi connectivity index (χ2n) is 5.01. The van der Waals surface area contributed by atoms with Gasteiger partial charge >= 0.3 is 0 Å². The summed E-state index contributed by atoms with van der Waals surface area (Å²) in [6, 6.07) is 7.30. The first kappa shape index (κ1) is 14.3. The lowest BCUT2D eigenvalue weighted by Crippen LogP contribution is -2.55. The molecule has 0 heterocycles. The topological polar surface area (TPSA) is 55.1 Å². The van der Waals surface area contributed by atoms with Crippen LogP contribution in [0.25, 0.3) is 0 Å². The molecule has 19 heavy (non-hydrogen) atoms. The van der Waals surface area contributed by atoms with Gasteiger partial charge in [0.2, 0.25) is 5.91 Å². The van der Waals surface area contributed by atoms with Crippen molar-refractivity contribution in [3.05, 3.63) is 34.9 Å². The Morgan fingerprint density at radius 2 is 2.11 bits per heavy atom. The van der Waals surface area contributed by atoms with Crippen molar-refractivity contribution < 1.29 is 4.79 Å². The van der Waals surface area contributed by atoms with Crippen LogP contribution in [0.4, 0.5) is 0 Å². The third kappa shape index (κ3) is 3.45. The highest BCUT2D eigenvalue weighted by atomic mass is 35.5. The normalized spacial score (nSPS) is 17.1. The number of nitrogens with two attached hydrogens (primary N) is 1. The van der Waals surface area contributed by atoms with Crippen LogP contribution < -0.4 is 11.1 Å². The van der Waals surface area contributed by atoms with Gasteiger partial charge in [-0.05, 0) is 30.5 Å². The van der Waals surface area contributed by atoms with Gasteiger partial charge < -0.3 is 11.1 Å². The van der Waals surface area contributed by atoms with E-state index in [-0.39, 0.29) is 5.91 Å². The van der Waals surface area contributed by atoms with E-state index in [2.05, 4.69) is 5.32 Å². The lowest BCUT2D eigenvalue weighted by molar-refractivity contribution is -0.121. The van der Waals surface area contributed by atoms with Crippen LogP contribution in [0.5, 0.6) is 0 Å². The number of hydrogen-bond donors (Lipinski definition) is 2. The average Bonchev–Trinajstić information content (AvgIpc) is 2.78. The highest BCUT2D eigenvalue weighted by molar-refractivity contribution is 7.80. The summed E-state index contributed by atoms with van der Waals surface area (Å²) in [6.45, 7) is 0. The van der Waals surface area contributed by atoms with Crippen LogP contribution >= 0.6 is 23.8 Å². The summed E-state index contributed by atoms with van der Waals surface area (Å²) in [6.07, 6.45) is 4.07. The first-order chi connectivity index (χ1) is 9.02. The molecule has 0 bridgehead atoms. The molecule has 0 aromatic heterocycles. The lowest BCUT2D eigenvalue weighted by Gasteiger charge is -2.29. The molecule has 1 aromatic carbocycles. The van der Waals surface area contributed by atoms with E-state index in [1.807, 2.05) is 12.1 Å². The van der Waals surface area contributed by atoms with E-state index in [9.17, 15) is 4.79 Å². The van der Waals surface area contributed by atoms with Gasteiger partial charge in [-0.3, -0.25) is 4.79 Å². The molecule has 0 spiro atoms.